The second kappa shape index (κ2) is 8.47. The Morgan fingerprint density at radius 2 is 2.03 bits per heavy atom. The van der Waals surface area contributed by atoms with Crippen molar-refractivity contribution in [1.29, 1.82) is 0 Å². The zero-order valence-corrected chi connectivity index (χ0v) is 18.2. The van der Waals surface area contributed by atoms with Crippen LogP contribution in [-0.2, 0) is 27.3 Å². The van der Waals surface area contributed by atoms with E-state index in [1.165, 1.54) is 12.3 Å². The van der Waals surface area contributed by atoms with Gasteiger partial charge in [-0.2, -0.15) is 18.3 Å². The molecule has 32 heavy (non-hydrogen) atoms. The average Bonchev–Trinajstić information content (AvgIpc) is 3.48. The number of hydrogen-bond acceptors (Lipinski definition) is 6. The topological polar surface area (TPSA) is 103 Å². The maximum Gasteiger partial charge on any atom is 0.420 e. The Balaban J connectivity index is 1.72. The molecule has 1 saturated heterocycles. The Hall–Kier alpha value is -2.47. The fraction of sp³-hybridized carbons (Fsp3) is 0.550. The van der Waals surface area contributed by atoms with Crippen molar-refractivity contribution in [3.8, 4) is 0 Å². The third kappa shape index (κ3) is 4.96. The molecule has 2 fully saturated rings. The van der Waals surface area contributed by atoms with Gasteiger partial charge in [-0.15, -0.1) is 0 Å². The molecular weight excluding hydrogens is 449 g/mol. The molecule has 8 nitrogen and oxygen atoms in total. The fourth-order valence-electron chi connectivity index (χ4n) is 3.79. The quantitative estimate of drug-likeness (QED) is 0.691. The molecule has 1 atom stereocenters. The average molecular weight is 472 g/mol. The van der Waals surface area contributed by atoms with Crippen molar-refractivity contribution in [2.75, 3.05) is 18.2 Å². The summed E-state index contributed by atoms with van der Waals surface area (Å²) < 4.78 is 72.4. The minimum absolute atomic E-state index is 0.0215. The summed E-state index contributed by atoms with van der Waals surface area (Å²) in [5, 5.41) is 6.29. The van der Waals surface area contributed by atoms with Crippen molar-refractivity contribution in [3.05, 3.63) is 35.3 Å². The zero-order valence-electron chi connectivity index (χ0n) is 17.4. The lowest BCUT2D eigenvalue weighted by Crippen LogP contribution is -2.29. The molecule has 3 heterocycles. The van der Waals surface area contributed by atoms with Crippen LogP contribution >= 0.6 is 0 Å². The molecule has 1 unspecified atom stereocenters. The van der Waals surface area contributed by atoms with E-state index >= 15 is 0 Å². The van der Waals surface area contributed by atoms with E-state index < -0.39 is 33.2 Å². The number of hydrogen-bond donors (Lipinski definition) is 1. The van der Waals surface area contributed by atoms with Crippen LogP contribution in [0.1, 0.15) is 59.8 Å². The number of alkyl halides is 3. The molecule has 174 valence electrons. The Morgan fingerprint density at radius 3 is 2.62 bits per heavy atom. The third-order valence-corrected chi connectivity index (χ3v) is 6.45. The molecule has 0 aromatic carbocycles. The number of nitrogens with one attached hydrogen (secondary N) is 1. The largest absolute Gasteiger partial charge is 0.420 e. The number of sulfone groups is 1. The van der Waals surface area contributed by atoms with E-state index in [0.29, 0.717) is 25.9 Å². The molecule has 1 saturated carbocycles. The summed E-state index contributed by atoms with van der Waals surface area (Å²) in [5.41, 5.74) is -1.73. The van der Waals surface area contributed by atoms with Gasteiger partial charge in [0.2, 0.25) is 0 Å². The van der Waals surface area contributed by atoms with E-state index in [1.54, 1.807) is 0 Å². The predicted octanol–water partition coefficient (Wildman–Crippen LogP) is 3.40. The minimum Gasteiger partial charge on any atom is -0.376 e. The van der Waals surface area contributed by atoms with Gasteiger partial charge in [-0.1, -0.05) is 0 Å². The molecule has 12 heteroatoms. The minimum atomic E-state index is -4.77. The second-order valence-corrected chi connectivity index (χ2v) is 10.1. The lowest BCUT2D eigenvalue weighted by Gasteiger charge is -2.23. The molecule has 0 bridgehead atoms. The number of anilines is 1. The number of nitrogens with zero attached hydrogens (tertiary/aromatic N) is 3. The smallest absolute Gasteiger partial charge is 0.376 e. The highest BCUT2D eigenvalue weighted by molar-refractivity contribution is 7.90. The number of halogens is 3. The van der Waals surface area contributed by atoms with Crippen LogP contribution < -0.4 is 5.32 Å². The molecule has 1 aliphatic carbocycles. The van der Waals surface area contributed by atoms with Gasteiger partial charge in [-0.3, -0.25) is 9.48 Å². The SMILES string of the molecule is CS(=O)(=O)c1cc(NC(=O)c2c(C(F)(F)F)c(C3CC3)nn2CC2CCCCO2)ccn1. The number of rotatable bonds is 6. The third-order valence-electron chi connectivity index (χ3n) is 5.47. The molecule has 0 radical (unpaired) electrons. The Kier molecular flexibility index (Phi) is 6.01. The predicted molar refractivity (Wildman–Crippen MR) is 108 cm³/mol. The van der Waals surface area contributed by atoms with Crippen LogP contribution in [0.2, 0.25) is 0 Å². The molecule has 1 amide bonds. The molecule has 0 spiro atoms. The van der Waals surface area contributed by atoms with E-state index in [2.05, 4.69) is 15.4 Å². The molecule has 4 rings (SSSR count). The number of ether oxygens (including phenoxy) is 1. The van der Waals surface area contributed by atoms with Crippen LogP contribution in [0.15, 0.2) is 23.4 Å². The standard InChI is InChI=1S/C20H23F3N4O4S/c1-32(29,30)15-10-13(7-8-24-15)25-19(28)18-16(20(21,22)23)17(12-5-6-12)26-27(18)11-14-4-2-3-9-31-14/h7-8,10,12,14H,2-6,9,11H2,1H3,(H,24,25,28). The van der Waals surface area contributed by atoms with Gasteiger partial charge in [0.1, 0.15) is 11.3 Å². The van der Waals surface area contributed by atoms with Gasteiger partial charge in [0, 0.05) is 30.7 Å². The molecule has 2 aliphatic rings. The number of amides is 1. The molecule has 1 aliphatic heterocycles. The first kappa shape index (κ1) is 22.7. The lowest BCUT2D eigenvalue weighted by atomic mass is 10.1. The highest BCUT2D eigenvalue weighted by Crippen LogP contribution is 2.46. The van der Waals surface area contributed by atoms with Crippen LogP contribution in [0.25, 0.3) is 0 Å². The normalized spacial score (nSPS) is 19.7. The Labute approximate surface area is 183 Å². The van der Waals surface area contributed by atoms with Gasteiger partial charge >= 0.3 is 6.18 Å². The summed E-state index contributed by atoms with van der Waals surface area (Å²) >= 11 is 0. The van der Waals surface area contributed by atoms with Crippen LogP contribution in [0.4, 0.5) is 18.9 Å². The van der Waals surface area contributed by atoms with Gasteiger partial charge in [-0.05, 0) is 44.2 Å². The Bertz CT molecular complexity index is 1120. The van der Waals surface area contributed by atoms with Crippen molar-refractivity contribution in [2.24, 2.45) is 0 Å². The van der Waals surface area contributed by atoms with Gasteiger partial charge in [0.25, 0.3) is 5.91 Å². The van der Waals surface area contributed by atoms with E-state index in [-0.39, 0.29) is 35.0 Å². The van der Waals surface area contributed by atoms with Crippen LogP contribution in [0, 0.1) is 0 Å². The fourth-order valence-corrected chi connectivity index (χ4v) is 4.38. The van der Waals surface area contributed by atoms with E-state index in [9.17, 15) is 26.4 Å². The highest BCUT2D eigenvalue weighted by atomic mass is 32.2. The maximum absolute atomic E-state index is 14.1. The maximum atomic E-state index is 14.1. The van der Waals surface area contributed by atoms with Crippen LogP contribution in [0.5, 0.6) is 0 Å². The second-order valence-electron chi connectivity index (χ2n) is 8.16. The van der Waals surface area contributed by atoms with Gasteiger partial charge < -0.3 is 10.1 Å². The van der Waals surface area contributed by atoms with Crippen molar-refractivity contribution < 1.29 is 31.1 Å². The summed E-state index contributed by atoms with van der Waals surface area (Å²) in [6.07, 6.45) is 0.626. The molecular formula is C20H23F3N4O4S. The monoisotopic (exact) mass is 472 g/mol. The first-order valence-corrected chi connectivity index (χ1v) is 12.2. The van der Waals surface area contributed by atoms with Gasteiger partial charge in [-0.25, -0.2) is 13.4 Å². The number of carbonyl (C=O) groups excluding carboxylic acids is 1. The van der Waals surface area contributed by atoms with Crippen LogP contribution in [-0.4, -0.2) is 48.1 Å². The summed E-state index contributed by atoms with van der Waals surface area (Å²) in [7, 11) is -3.66. The number of aromatic nitrogens is 3. The summed E-state index contributed by atoms with van der Waals surface area (Å²) in [6, 6.07) is 2.42. The summed E-state index contributed by atoms with van der Waals surface area (Å²) in [6.45, 7) is 0.545. The first-order chi connectivity index (χ1) is 15.0. The Morgan fingerprint density at radius 1 is 1.28 bits per heavy atom. The highest BCUT2D eigenvalue weighted by Gasteiger charge is 2.46. The van der Waals surface area contributed by atoms with Crippen molar-refractivity contribution in [2.45, 2.75) is 61.9 Å². The van der Waals surface area contributed by atoms with E-state index in [1.807, 2.05) is 0 Å². The van der Waals surface area contributed by atoms with Crippen molar-refractivity contribution >= 4 is 21.4 Å². The number of pyridine rings is 1. The van der Waals surface area contributed by atoms with Gasteiger partial charge in [0.15, 0.2) is 14.9 Å². The van der Waals surface area contributed by atoms with Gasteiger partial charge in [0.05, 0.1) is 18.3 Å². The van der Waals surface area contributed by atoms with Crippen molar-refractivity contribution in [3.63, 3.8) is 0 Å². The molecule has 1 N–H and O–H groups in total. The molecule has 2 aromatic rings. The zero-order chi connectivity index (χ0) is 23.1. The first-order valence-electron chi connectivity index (χ1n) is 10.3. The lowest BCUT2D eigenvalue weighted by molar-refractivity contribution is -0.138. The van der Waals surface area contributed by atoms with Crippen LogP contribution in [0.3, 0.4) is 0 Å². The summed E-state index contributed by atoms with van der Waals surface area (Å²) in [5.74, 6) is -1.34. The number of carbonyl (C=O) groups is 1. The molecule has 2 aromatic heterocycles. The van der Waals surface area contributed by atoms with E-state index in [0.717, 1.165) is 29.8 Å². The van der Waals surface area contributed by atoms with E-state index in [4.69, 9.17) is 4.74 Å². The summed E-state index contributed by atoms with van der Waals surface area (Å²) in [4.78, 5) is 16.8. The van der Waals surface area contributed by atoms with Crippen molar-refractivity contribution in [1.82, 2.24) is 14.8 Å².